The van der Waals surface area contributed by atoms with Gasteiger partial charge in [0.05, 0.1) is 0 Å². The molecule has 3 aromatic rings. The molecule has 120 valence electrons. The molecule has 6 nitrogen and oxygen atoms in total. The molecule has 0 radical (unpaired) electrons. The van der Waals surface area contributed by atoms with E-state index in [1.54, 1.807) is 43.7 Å². The number of nitrogens with one attached hydrogen (secondary N) is 1. The van der Waals surface area contributed by atoms with Gasteiger partial charge in [-0.25, -0.2) is 9.97 Å². The van der Waals surface area contributed by atoms with E-state index in [9.17, 15) is 4.79 Å². The highest BCUT2D eigenvalue weighted by atomic mass is 16.5. The van der Waals surface area contributed by atoms with Gasteiger partial charge in [-0.05, 0) is 31.2 Å². The lowest BCUT2D eigenvalue weighted by atomic mass is 10.2. The molecule has 2 aromatic heterocycles. The smallest absolute Gasteiger partial charge is 0.274 e. The molecule has 0 aliphatic rings. The summed E-state index contributed by atoms with van der Waals surface area (Å²) in [4.78, 5) is 24.3. The number of nitrogens with zero attached hydrogens (tertiary/aromatic N) is 3. The Morgan fingerprint density at radius 2 is 2.08 bits per heavy atom. The maximum absolute atomic E-state index is 12.2. The van der Waals surface area contributed by atoms with Crippen molar-refractivity contribution in [2.24, 2.45) is 0 Å². The number of anilines is 1. The zero-order chi connectivity index (χ0) is 16.8. The maximum atomic E-state index is 12.2. The molecule has 0 atom stereocenters. The standard InChI is InChI=1S/C18H16N4O2/c1-13-20-9-7-17(21-13)18(23)22-15-5-2-6-16(10-15)24-12-14-4-3-8-19-11-14/h2-11H,12H2,1H3,(H,22,23). The zero-order valence-electron chi connectivity index (χ0n) is 13.1. The van der Waals surface area contributed by atoms with Gasteiger partial charge < -0.3 is 10.1 Å². The van der Waals surface area contributed by atoms with Crippen molar-refractivity contribution in [3.05, 3.63) is 78.1 Å². The molecule has 0 saturated heterocycles. The predicted octanol–water partition coefficient (Wildman–Crippen LogP) is 3.01. The zero-order valence-corrected chi connectivity index (χ0v) is 13.1. The molecule has 0 aliphatic heterocycles. The number of ether oxygens (including phenoxy) is 1. The predicted molar refractivity (Wildman–Crippen MR) is 89.7 cm³/mol. The fourth-order valence-electron chi connectivity index (χ4n) is 2.09. The monoisotopic (exact) mass is 320 g/mol. The van der Waals surface area contributed by atoms with Crippen LogP contribution >= 0.6 is 0 Å². The van der Waals surface area contributed by atoms with Crippen molar-refractivity contribution in [1.82, 2.24) is 15.0 Å². The minimum atomic E-state index is -0.287. The summed E-state index contributed by atoms with van der Waals surface area (Å²) in [5.74, 6) is 0.927. The second kappa shape index (κ2) is 7.32. The lowest BCUT2D eigenvalue weighted by Gasteiger charge is -2.09. The van der Waals surface area contributed by atoms with Gasteiger partial charge in [0.2, 0.25) is 0 Å². The molecule has 1 N–H and O–H groups in total. The van der Waals surface area contributed by atoms with Crippen LogP contribution in [0, 0.1) is 6.92 Å². The third kappa shape index (κ3) is 4.13. The number of hydrogen-bond acceptors (Lipinski definition) is 5. The molecule has 0 saturated carbocycles. The van der Waals surface area contributed by atoms with E-state index in [0.717, 1.165) is 5.56 Å². The fourth-order valence-corrected chi connectivity index (χ4v) is 2.09. The third-order valence-electron chi connectivity index (χ3n) is 3.23. The van der Waals surface area contributed by atoms with Gasteiger partial charge in [-0.15, -0.1) is 0 Å². The number of rotatable bonds is 5. The Bertz CT molecular complexity index is 837. The number of benzene rings is 1. The van der Waals surface area contributed by atoms with Crippen LogP contribution in [0.1, 0.15) is 21.9 Å². The van der Waals surface area contributed by atoms with Crippen LogP contribution < -0.4 is 10.1 Å². The van der Waals surface area contributed by atoms with E-state index < -0.39 is 0 Å². The summed E-state index contributed by atoms with van der Waals surface area (Å²) < 4.78 is 5.72. The summed E-state index contributed by atoms with van der Waals surface area (Å²) in [5, 5.41) is 2.80. The number of carbonyl (C=O) groups is 1. The summed E-state index contributed by atoms with van der Waals surface area (Å²) in [5.41, 5.74) is 1.94. The van der Waals surface area contributed by atoms with E-state index in [4.69, 9.17) is 4.74 Å². The maximum Gasteiger partial charge on any atom is 0.274 e. The first-order valence-electron chi connectivity index (χ1n) is 7.43. The van der Waals surface area contributed by atoms with Gasteiger partial charge in [-0.2, -0.15) is 0 Å². The molecule has 0 unspecified atom stereocenters. The highest BCUT2D eigenvalue weighted by Gasteiger charge is 2.08. The van der Waals surface area contributed by atoms with E-state index in [-0.39, 0.29) is 5.91 Å². The summed E-state index contributed by atoms with van der Waals surface area (Å²) in [6.07, 6.45) is 5.03. The Labute approximate surface area is 139 Å². The number of hydrogen-bond donors (Lipinski definition) is 1. The van der Waals surface area contributed by atoms with Crippen molar-refractivity contribution < 1.29 is 9.53 Å². The molecule has 0 spiro atoms. The number of aromatic nitrogens is 3. The van der Waals surface area contributed by atoms with Crippen molar-refractivity contribution in [3.8, 4) is 5.75 Å². The van der Waals surface area contributed by atoms with Crippen molar-refractivity contribution in [1.29, 1.82) is 0 Å². The topological polar surface area (TPSA) is 77.0 Å². The molecule has 24 heavy (non-hydrogen) atoms. The van der Waals surface area contributed by atoms with Crippen LogP contribution in [0.2, 0.25) is 0 Å². The Morgan fingerprint density at radius 1 is 1.17 bits per heavy atom. The Morgan fingerprint density at radius 3 is 2.88 bits per heavy atom. The summed E-state index contributed by atoms with van der Waals surface area (Å²) in [6, 6.07) is 12.6. The second-order valence-electron chi connectivity index (χ2n) is 5.12. The molecule has 1 aromatic carbocycles. The number of amides is 1. The van der Waals surface area contributed by atoms with Crippen molar-refractivity contribution >= 4 is 11.6 Å². The second-order valence-corrected chi connectivity index (χ2v) is 5.12. The molecule has 6 heteroatoms. The van der Waals surface area contributed by atoms with Crippen LogP contribution in [0.4, 0.5) is 5.69 Å². The van der Waals surface area contributed by atoms with Gasteiger partial charge in [0.15, 0.2) is 0 Å². The number of aryl methyl sites for hydroxylation is 1. The van der Waals surface area contributed by atoms with E-state index in [2.05, 4.69) is 20.3 Å². The Kier molecular flexibility index (Phi) is 4.76. The van der Waals surface area contributed by atoms with E-state index >= 15 is 0 Å². The van der Waals surface area contributed by atoms with Gasteiger partial charge in [-0.1, -0.05) is 12.1 Å². The van der Waals surface area contributed by atoms with Crippen molar-refractivity contribution in [2.45, 2.75) is 13.5 Å². The van der Waals surface area contributed by atoms with Gasteiger partial charge in [0.25, 0.3) is 5.91 Å². The van der Waals surface area contributed by atoms with E-state index in [1.807, 2.05) is 24.3 Å². The lowest BCUT2D eigenvalue weighted by Crippen LogP contribution is -2.14. The Hall–Kier alpha value is -3.28. The van der Waals surface area contributed by atoms with Gasteiger partial charge in [0, 0.05) is 35.9 Å². The molecule has 2 heterocycles. The molecule has 0 bridgehead atoms. The average molecular weight is 320 g/mol. The first-order valence-corrected chi connectivity index (χ1v) is 7.43. The minimum Gasteiger partial charge on any atom is -0.489 e. The fraction of sp³-hybridized carbons (Fsp3) is 0.111. The summed E-state index contributed by atoms with van der Waals surface area (Å²) in [7, 11) is 0. The molecule has 3 rings (SSSR count). The van der Waals surface area contributed by atoms with Gasteiger partial charge in [0.1, 0.15) is 23.9 Å². The van der Waals surface area contributed by atoms with Crippen LogP contribution in [-0.4, -0.2) is 20.9 Å². The summed E-state index contributed by atoms with van der Waals surface area (Å²) >= 11 is 0. The highest BCUT2D eigenvalue weighted by Crippen LogP contribution is 2.19. The van der Waals surface area contributed by atoms with Crippen LogP contribution in [0.25, 0.3) is 0 Å². The largest absolute Gasteiger partial charge is 0.489 e. The van der Waals surface area contributed by atoms with Crippen molar-refractivity contribution in [2.75, 3.05) is 5.32 Å². The molecular formula is C18H16N4O2. The first kappa shape index (κ1) is 15.6. The number of pyridine rings is 1. The minimum absolute atomic E-state index is 0.287. The third-order valence-corrected chi connectivity index (χ3v) is 3.23. The van der Waals surface area contributed by atoms with Crippen LogP contribution in [-0.2, 0) is 6.61 Å². The van der Waals surface area contributed by atoms with Crippen LogP contribution in [0.5, 0.6) is 5.75 Å². The van der Waals surface area contributed by atoms with Crippen LogP contribution in [0.15, 0.2) is 61.1 Å². The molecule has 0 fully saturated rings. The lowest BCUT2D eigenvalue weighted by molar-refractivity contribution is 0.102. The first-order chi connectivity index (χ1) is 11.7. The molecular weight excluding hydrogens is 304 g/mol. The van der Waals surface area contributed by atoms with E-state index in [1.165, 1.54) is 0 Å². The SMILES string of the molecule is Cc1nccc(C(=O)Nc2cccc(OCc3cccnc3)c2)n1. The highest BCUT2D eigenvalue weighted by molar-refractivity contribution is 6.02. The summed E-state index contributed by atoms with van der Waals surface area (Å²) in [6.45, 7) is 2.15. The normalized spacial score (nSPS) is 10.2. The van der Waals surface area contributed by atoms with E-state index in [0.29, 0.717) is 29.6 Å². The average Bonchev–Trinajstić information content (AvgIpc) is 2.61. The van der Waals surface area contributed by atoms with Gasteiger partial charge in [-0.3, -0.25) is 9.78 Å². The molecule has 1 amide bonds. The van der Waals surface area contributed by atoms with Crippen molar-refractivity contribution in [3.63, 3.8) is 0 Å². The Balaban J connectivity index is 1.65. The molecule has 0 aliphatic carbocycles. The quantitative estimate of drug-likeness (QED) is 0.782. The van der Waals surface area contributed by atoms with Gasteiger partial charge >= 0.3 is 0 Å². The van der Waals surface area contributed by atoms with Crippen LogP contribution in [0.3, 0.4) is 0 Å². The number of carbonyl (C=O) groups excluding carboxylic acids is 1.